The number of aromatic nitrogens is 1. The van der Waals surface area contributed by atoms with Crippen molar-refractivity contribution in [2.45, 2.75) is 19.8 Å². The van der Waals surface area contributed by atoms with Gasteiger partial charge in [-0.1, -0.05) is 11.6 Å². The number of pyridine rings is 1. The molecule has 0 amide bonds. The molecule has 1 atom stereocenters. The molecule has 0 saturated heterocycles. The molecular formula is C20H15NO3. The lowest BCUT2D eigenvalue weighted by atomic mass is 9.96. The van der Waals surface area contributed by atoms with Crippen LogP contribution in [0.5, 0.6) is 5.75 Å². The van der Waals surface area contributed by atoms with Crippen molar-refractivity contribution in [3.8, 4) is 5.75 Å². The van der Waals surface area contributed by atoms with Crippen molar-refractivity contribution in [1.82, 2.24) is 4.98 Å². The predicted molar refractivity (Wildman–Crippen MR) is 90.7 cm³/mol. The van der Waals surface area contributed by atoms with Gasteiger partial charge in [0.05, 0.1) is 11.2 Å². The highest BCUT2D eigenvalue weighted by atomic mass is 16.3. The summed E-state index contributed by atoms with van der Waals surface area (Å²) in [6.45, 7) is 3.97. The van der Waals surface area contributed by atoms with Crippen molar-refractivity contribution in [3.05, 3.63) is 70.4 Å². The molecular weight excluding hydrogens is 302 g/mol. The molecule has 4 nitrogen and oxygen atoms in total. The zero-order chi connectivity index (χ0) is 17.0. The number of aryl methyl sites for hydroxylation is 2. The van der Waals surface area contributed by atoms with Gasteiger partial charge in [-0.15, -0.1) is 0 Å². The number of aromatic hydroxyl groups is 1. The molecule has 1 aromatic heterocycles. The molecule has 118 valence electrons. The van der Waals surface area contributed by atoms with Gasteiger partial charge in [0.15, 0.2) is 11.6 Å². The van der Waals surface area contributed by atoms with E-state index in [9.17, 15) is 14.7 Å². The Morgan fingerprint density at radius 1 is 0.917 bits per heavy atom. The molecule has 0 saturated carbocycles. The number of rotatable bonds is 1. The second-order valence-electron chi connectivity index (χ2n) is 6.28. The summed E-state index contributed by atoms with van der Waals surface area (Å²) in [5, 5.41) is 10.6. The summed E-state index contributed by atoms with van der Waals surface area (Å²) in [4.78, 5) is 29.9. The molecule has 0 radical (unpaired) electrons. The number of Topliss-reactive ketones (excluding diaryl/α,β-unsaturated/α-hetero) is 2. The summed E-state index contributed by atoms with van der Waals surface area (Å²) in [7, 11) is 0. The van der Waals surface area contributed by atoms with Crippen molar-refractivity contribution in [3.63, 3.8) is 0 Å². The third-order valence-electron chi connectivity index (χ3n) is 4.55. The number of hydrogen-bond donors (Lipinski definition) is 1. The monoisotopic (exact) mass is 317 g/mol. The molecule has 1 aliphatic carbocycles. The third kappa shape index (κ3) is 2.03. The Balaban J connectivity index is 1.88. The molecule has 4 heteroatoms. The maximum Gasteiger partial charge on any atom is 0.180 e. The van der Waals surface area contributed by atoms with Crippen LogP contribution in [0.2, 0.25) is 0 Å². The maximum atomic E-state index is 12.7. The minimum absolute atomic E-state index is 0.0197. The highest BCUT2D eigenvalue weighted by Gasteiger charge is 2.40. The third-order valence-corrected chi connectivity index (χ3v) is 4.55. The first-order chi connectivity index (χ1) is 11.5. The van der Waals surface area contributed by atoms with Crippen LogP contribution >= 0.6 is 0 Å². The number of benzene rings is 2. The van der Waals surface area contributed by atoms with Crippen LogP contribution < -0.4 is 0 Å². The van der Waals surface area contributed by atoms with Gasteiger partial charge in [-0.3, -0.25) is 14.6 Å². The van der Waals surface area contributed by atoms with Crippen LogP contribution in [0, 0.1) is 13.8 Å². The quantitative estimate of drug-likeness (QED) is 0.695. The molecule has 0 spiro atoms. The minimum atomic E-state index is -0.925. The Morgan fingerprint density at radius 3 is 2.46 bits per heavy atom. The number of carbonyl (C=O) groups excluding carboxylic acids is 2. The Kier molecular flexibility index (Phi) is 3.03. The fourth-order valence-electron chi connectivity index (χ4n) is 3.33. The molecule has 0 unspecified atom stereocenters. The van der Waals surface area contributed by atoms with Gasteiger partial charge >= 0.3 is 0 Å². The van der Waals surface area contributed by atoms with Crippen LogP contribution in [-0.4, -0.2) is 21.7 Å². The fourth-order valence-corrected chi connectivity index (χ4v) is 3.33. The van der Waals surface area contributed by atoms with Crippen molar-refractivity contribution >= 4 is 22.5 Å². The number of phenolic OH excluding ortho intramolecular Hbond substituents is 1. The van der Waals surface area contributed by atoms with Crippen LogP contribution in [0.3, 0.4) is 0 Å². The van der Waals surface area contributed by atoms with Gasteiger partial charge in [0.25, 0.3) is 0 Å². The van der Waals surface area contributed by atoms with Crippen molar-refractivity contribution in [2.75, 3.05) is 0 Å². The van der Waals surface area contributed by atoms with Gasteiger partial charge in [0, 0.05) is 16.5 Å². The first kappa shape index (κ1) is 14.6. The fraction of sp³-hybridized carbons (Fsp3) is 0.150. The van der Waals surface area contributed by atoms with E-state index in [2.05, 4.69) is 4.98 Å². The summed E-state index contributed by atoms with van der Waals surface area (Å²) in [5.41, 5.74) is 3.98. The maximum absolute atomic E-state index is 12.7. The van der Waals surface area contributed by atoms with E-state index in [0.717, 1.165) is 22.0 Å². The van der Waals surface area contributed by atoms with E-state index >= 15 is 0 Å². The van der Waals surface area contributed by atoms with Crippen LogP contribution in [0.4, 0.5) is 0 Å². The minimum Gasteiger partial charge on any atom is -0.508 e. The van der Waals surface area contributed by atoms with Gasteiger partial charge in [-0.05, 0) is 55.8 Å². The number of carbonyl (C=O) groups is 2. The second kappa shape index (κ2) is 4.99. The first-order valence-corrected chi connectivity index (χ1v) is 7.75. The Hall–Kier alpha value is -3.01. The average Bonchev–Trinajstić information content (AvgIpc) is 2.79. The second-order valence-corrected chi connectivity index (χ2v) is 6.28. The van der Waals surface area contributed by atoms with Crippen LogP contribution in [-0.2, 0) is 0 Å². The number of ketones is 2. The van der Waals surface area contributed by atoms with Crippen molar-refractivity contribution < 1.29 is 14.7 Å². The Labute approximate surface area is 138 Å². The molecule has 4 rings (SSSR count). The summed E-state index contributed by atoms with van der Waals surface area (Å²) < 4.78 is 0. The summed E-state index contributed by atoms with van der Waals surface area (Å²) in [6, 6.07) is 12.0. The molecule has 0 aliphatic heterocycles. The lowest BCUT2D eigenvalue weighted by molar-refractivity contribution is 0.0888. The highest BCUT2D eigenvalue weighted by molar-refractivity contribution is 6.29. The van der Waals surface area contributed by atoms with Gasteiger partial charge in [-0.2, -0.15) is 0 Å². The largest absolute Gasteiger partial charge is 0.508 e. The van der Waals surface area contributed by atoms with E-state index < -0.39 is 5.92 Å². The summed E-state index contributed by atoms with van der Waals surface area (Å²) in [6.07, 6.45) is 0. The van der Waals surface area contributed by atoms with Crippen molar-refractivity contribution in [2.24, 2.45) is 0 Å². The zero-order valence-corrected chi connectivity index (χ0v) is 13.3. The van der Waals surface area contributed by atoms with E-state index in [1.165, 1.54) is 18.2 Å². The van der Waals surface area contributed by atoms with Gasteiger partial charge in [0.1, 0.15) is 11.7 Å². The van der Waals surface area contributed by atoms with Crippen LogP contribution in [0.1, 0.15) is 43.5 Å². The lowest BCUT2D eigenvalue weighted by Crippen LogP contribution is -2.14. The smallest absolute Gasteiger partial charge is 0.180 e. The van der Waals surface area contributed by atoms with E-state index in [-0.39, 0.29) is 22.9 Å². The Morgan fingerprint density at radius 2 is 1.67 bits per heavy atom. The van der Waals surface area contributed by atoms with E-state index in [4.69, 9.17) is 0 Å². The molecule has 0 fully saturated rings. The summed E-state index contributed by atoms with van der Waals surface area (Å²) in [5.74, 6) is -1.50. The lowest BCUT2D eigenvalue weighted by Gasteiger charge is -2.10. The summed E-state index contributed by atoms with van der Waals surface area (Å²) >= 11 is 0. The standard InChI is InChI=1S/C20H15NO3/c1-10-3-6-16-14(7-10)11(2)8-17(21-16)18-19(23)13-5-4-12(22)9-15(13)20(18)24/h3-9,18,22H,1-2H3/t18-/m0/s1. The van der Waals surface area contributed by atoms with Gasteiger partial charge in [0.2, 0.25) is 0 Å². The van der Waals surface area contributed by atoms with Gasteiger partial charge < -0.3 is 5.11 Å². The number of phenols is 1. The molecule has 2 aromatic carbocycles. The molecule has 1 N–H and O–H groups in total. The number of nitrogens with zero attached hydrogens (tertiary/aromatic N) is 1. The van der Waals surface area contributed by atoms with Gasteiger partial charge in [-0.25, -0.2) is 0 Å². The molecule has 0 bridgehead atoms. The number of fused-ring (bicyclic) bond motifs is 2. The molecule has 24 heavy (non-hydrogen) atoms. The van der Waals surface area contributed by atoms with Crippen LogP contribution in [0.25, 0.3) is 10.9 Å². The topological polar surface area (TPSA) is 67.3 Å². The molecule has 3 aromatic rings. The highest BCUT2D eigenvalue weighted by Crippen LogP contribution is 2.36. The predicted octanol–water partition coefficient (Wildman–Crippen LogP) is 3.72. The SMILES string of the molecule is Cc1ccc2nc([C@H]3C(=O)c4ccc(O)cc4C3=O)cc(C)c2c1. The van der Waals surface area contributed by atoms with E-state index in [1.807, 2.05) is 38.1 Å². The molecule has 1 aliphatic rings. The Bertz CT molecular complexity index is 1040. The normalized spacial score (nSPS) is 16.7. The average molecular weight is 317 g/mol. The van der Waals surface area contributed by atoms with E-state index in [0.29, 0.717) is 11.3 Å². The van der Waals surface area contributed by atoms with Crippen molar-refractivity contribution in [1.29, 1.82) is 0 Å². The first-order valence-electron chi connectivity index (χ1n) is 7.75. The number of hydrogen-bond acceptors (Lipinski definition) is 4. The van der Waals surface area contributed by atoms with Crippen LogP contribution in [0.15, 0.2) is 42.5 Å². The zero-order valence-electron chi connectivity index (χ0n) is 13.3. The van der Waals surface area contributed by atoms with E-state index in [1.54, 1.807) is 0 Å². The molecule has 1 heterocycles.